The normalized spacial score (nSPS) is 21.5. The van der Waals surface area contributed by atoms with Crippen LogP contribution in [-0.4, -0.2) is 30.5 Å². The molecule has 0 radical (unpaired) electrons. The van der Waals surface area contributed by atoms with Crippen LogP contribution in [0.3, 0.4) is 0 Å². The highest BCUT2D eigenvalue weighted by Crippen LogP contribution is 2.41. The van der Waals surface area contributed by atoms with Crippen molar-refractivity contribution < 1.29 is 9.53 Å². The summed E-state index contributed by atoms with van der Waals surface area (Å²) in [5.41, 5.74) is 4.42. The Bertz CT molecular complexity index is 613. The van der Waals surface area contributed by atoms with E-state index in [1.54, 1.807) is 6.92 Å². The monoisotopic (exact) mass is 327 g/mol. The van der Waals surface area contributed by atoms with E-state index in [0.717, 1.165) is 38.5 Å². The number of hydrogen-bond acceptors (Lipinski definition) is 2. The average molecular weight is 327 g/mol. The average Bonchev–Trinajstić information content (AvgIpc) is 3.44. The maximum absolute atomic E-state index is 11.6. The molecule has 1 saturated carbocycles. The van der Waals surface area contributed by atoms with E-state index in [1.165, 1.54) is 61.0 Å². The maximum Gasteiger partial charge on any atom is 0.219 e. The van der Waals surface area contributed by atoms with Gasteiger partial charge in [-0.25, -0.2) is 0 Å². The Labute approximate surface area is 145 Å². The van der Waals surface area contributed by atoms with Crippen LogP contribution in [0.15, 0.2) is 12.1 Å². The molecular weight excluding hydrogens is 298 g/mol. The van der Waals surface area contributed by atoms with Gasteiger partial charge in [-0.15, -0.1) is 0 Å². The van der Waals surface area contributed by atoms with E-state index in [9.17, 15) is 4.79 Å². The Balaban J connectivity index is 1.58. The fraction of sp³-hybridized carbons (Fsp3) is 0.667. The van der Waals surface area contributed by atoms with Gasteiger partial charge in [-0.2, -0.15) is 0 Å². The summed E-state index contributed by atoms with van der Waals surface area (Å²) in [6.07, 6.45) is 9.79. The second-order valence-corrected chi connectivity index (χ2v) is 7.86. The topological polar surface area (TPSA) is 29.5 Å². The highest BCUT2D eigenvalue weighted by molar-refractivity contribution is 5.73. The SMILES string of the molecule is CC(=O)N1CCC(c2ccc3c(c2OCC2CC2)CCCC3)CC1. The molecule has 2 aliphatic carbocycles. The van der Waals surface area contributed by atoms with Crippen LogP contribution in [0.5, 0.6) is 5.75 Å². The molecule has 3 nitrogen and oxygen atoms in total. The van der Waals surface area contributed by atoms with Gasteiger partial charge in [0.15, 0.2) is 0 Å². The Morgan fingerprint density at radius 2 is 1.88 bits per heavy atom. The van der Waals surface area contributed by atoms with Gasteiger partial charge in [-0.3, -0.25) is 4.79 Å². The lowest BCUT2D eigenvalue weighted by atomic mass is 9.83. The zero-order chi connectivity index (χ0) is 16.5. The molecule has 130 valence electrons. The van der Waals surface area contributed by atoms with Crippen LogP contribution < -0.4 is 4.74 Å². The summed E-state index contributed by atoms with van der Waals surface area (Å²) < 4.78 is 6.41. The Morgan fingerprint density at radius 3 is 2.58 bits per heavy atom. The minimum absolute atomic E-state index is 0.212. The number of nitrogens with zero attached hydrogens (tertiary/aromatic N) is 1. The first-order valence-electron chi connectivity index (χ1n) is 9.75. The quantitative estimate of drug-likeness (QED) is 0.834. The van der Waals surface area contributed by atoms with Gasteiger partial charge < -0.3 is 9.64 Å². The summed E-state index contributed by atoms with van der Waals surface area (Å²) in [5.74, 6) is 2.77. The van der Waals surface area contributed by atoms with Gasteiger partial charge in [0.05, 0.1) is 6.61 Å². The van der Waals surface area contributed by atoms with Crippen molar-refractivity contribution in [3.8, 4) is 5.75 Å². The van der Waals surface area contributed by atoms with E-state index in [0.29, 0.717) is 5.92 Å². The van der Waals surface area contributed by atoms with Crippen LogP contribution in [0.2, 0.25) is 0 Å². The van der Waals surface area contributed by atoms with Crippen molar-refractivity contribution >= 4 is 5.91 Å². The summed E-state index contributed by atoms with van der Waals surface area (Å²) in [4.78, 5) is 13.6. The van der Waals surface area contributed by atoms with Gasteiger partial charge >= 0.3 is 0 Å². The molecule has 0 atom stereocenters. The molecule has 1 aromatic carbocycles. The summed E-state index contributed by atoms with van der Waals surface area (Å²) in [6, 6.07) is 4.69. The van der Waals surface area contributed by atoms with Crippen molar-refractivity contribution in [2.45, 2.75) is 64.2 Å². The molecule has 3 aliphatic rings. The van der Waals surface area contributed by atoms with Crippen molar-refractivity contribution in [1.29, 1.82) is 0 Å². The number of rotatable bonds is 4. The number of likely N-dealkylation sites (tertiary alicyclic amines) is 1. The molecule has 2 fully saturated rings. The molecule has 1 aliphatic heterocycles. The Morgan fingerprint density at radius 1 is 1.12 bits per heavy atom. The molecule has 3 heteroatoms. The molecule has 0 unspecified atom stereocenters. The molecular formula is C21H29NO2. The number of ether oxygens (including phenoxy) is 1. The van der Waals surface area contributed by atoms with Gasteiger partial charge in [0.1, 0.15) is 5.75 Å². The fourth-order valence-electron chi connectivity index (χ4n) is 4.30. The summed E-state index contributed by atoms with van der Waals surface area (Å²) >= 11 is 0. The number of benzene rings is 1. The number of carbonyl (C=O) groups excluding carboxylic acids is 1. The van der Waals surface area contributed by atoms with Crippen LogP contribution in [0.1, 0.15) is 68.1 Å². The summed E-state index contributed by atoms with van der Waals surface area (Å²) in [5, 5.41) is 0. The highest BCUT2D eigenvalue weighted by Gasteiger charge is 2.28. The molecule has 1 heterocycles. The predicted molar refractivity (Wildman–Crippen MR) is 95.5 cm³/mol. The van der Waals surface area contributed by atoms with Gasteiger partial charge in [-0.05, 0) is 79.9 Å². The first-order valence-corrected chi connectivity index (χ1v) is 9.75. The lowest BCUT2D eigenvalue weighted by molar-refractivity contribution is -0.129. The molecule has 0 N–H and O–H groups in total. The number of amides is 1. The molecule has 0 aromatic heterocycles. The molecule has 1 aromatic rings. The third kappa shape index (κ3) is 3.31. The van der Waals surface area contributed by atoms with Crippen molar-refractivity contribution in [3.63, 3.8) is 0 Å². The Kier molecular flexibility index (Phi) is 4.51. The van der Waals surface area contributed by atoms with Crippen LogP contribution in [0.25, 0.3) is 0 Å². The van der Waals surface area contributed by atoms with Crippen LogP contribution in [0, 0.1) is 5.92 Å². The van der Waals surface area contributed by atoms with Gasteiger partial charge in [0.25, 0.3) is 0 Å². The molecule has 0 bridgehead atoms. The van der Waals surface area contributed by atoms with Crippen molar-refractivity contribution in [1.82, 2.24) is 4.90 Å². The summed E-state index contributed by atoms with van der Waals surface area (Å²) in [6.45, 7) is 4.36. The lowest BCUT2D eigenvalue weighted by Crippen LogP contribution is -2.36. The van der Waals surface area contributed by atoms with Gasteiger partial charge in [0, 0.05) is 20.0 Å². The molecule has 1 amide bonds. The van der Waals surface area contributed by atoms with E-state index in [2.05, 4.69) is 12.1 Å². The number of aryl methyl sites for hydroxylation is 1. The Hall–Kier alpha value is -1.51. The smallest absolute Gasteiger partial charge is 0.219 e. The largest absolute Gasteiger partial charge is 0.493 e. The van der Waals surface area contributed by atoms with Crippen LogP contribution in [-0.2, 0) is 17.6 Å². The second kappa shape index (κ2) is 6.78. The number of piperidine rings is 1. The van der Waals surface area contributed by atoms with E-state index in [-0.39, 0.29) is 5.91 Å². The van der Waals surface area contributed by atoms with E-state index in [4.69, 9.17) is 4.74 Å². The first kappa shape index (κ1) is 16.0. The van der Waals surface area contributed by atoms with Crippen molar-refractivity contribution in [2.75, 3.05) is 19.7 Å². The fourth-order valence-corrected chi connectivity index (χ4v) is 4.30. The first-order chi connectivity index (χ1) is 11.7. The zero-order valence-electron chi connectivity index (χ0n) is 14.9. The zero-order valence-corrected chi connectivity index (χ0v) is 14.9. The molecule has 24 heavy (non-hydrogen) atoms. The van der Waals surface area contributed by atoms with E-state index in [1.807, 2.05) is 4.90 Å². The second-order valence-electron chi connectivity index (χ2n) is 7.86. The third-order valence-corrected chi connectivity index (χ3v) is 6.05. The van der Waals surface area contributed by atoms with E-state index >= 15 is 0 Å². The minimum atomic E-state index is 0.212. The molecule has 4 rings (SSSR count). The number of hydrogen-bond donors (Lipinski definition) is 0. The molecule has 0 spiro atoms. The standard InChI is InChI=1S/C21H29NO2/c1-15(23)22-12-10-18(11-13-22)20-9-8-17-4-2-3-5-19(17)21(20)24-14-16-6-7-16/h8-9,16,18H,2-7,10-14H2,1H3. The predicted octanol–water partition coefficient (Wildman–Crippen LogP) is 4.08. The van der Waals surface area contributed by atoms with Gasteiger partial charge in [0.2, 0.25) is 5.91 Å². The van der Waals surface area contributed by atoms with Gasteiger partial charge in [-0.1, -0.05) is 12.1 Å². The summed E-state index contributed by atoms with van der Waals surface area (Å²) in [7, 11) is 0. The van der Waals surface area contributed by atoms with Crippen molar-refractivity contribution in [3.05, 3.63) is 28.8 Å². The third-order valence-electron chi connectivity index (χ3n) is 6.05. The van der Waals surface area contributed by atoms with E-state index < -0.39 is 0 Å². The number of fused-ring (bicyclic) bond motifs is 1. The highest BCUT2D eigenvalue weighted by atomic mass is 16.5. The maximum atomic E-state index is 11.6. The lowest BCUT2D eigenvalue weighted by Gasteiger charge is -2.33. The molecule has 1 saturated heterocycles. The van der Waals surface area contributed by atoms with Crippen LogP contribution in [0.4, 0.5) is 0 Å². The van der Waals surface area contributed by atoms with Crippen LogP contribution >= 0.6 is 0 Å². The van der Waals surface area contributed by atoms with Crippen molar-refractivity contribution in [2.24, 2.45) is 5.92 Å². The minimum Gasteiger partial charge on any atom is -0.493 e. The number of carbonyl (C=O) groups is 1.